The number of aryl methyl sites for hydroxylation is 1. The van der Waals surface area contributed by atoms with Gasteiger partial charge in [-0.1, -0.05) is 6.42 Å². The van der Waals surface area contributed by atoms with Crippen LogP contribution in [-0.2, 0) is 12.8 Å². The van der Waals surface area contributed by atoms with Crippen molar-refractivity contribution in [3.8, 4) is 0 Å². The highest BCUT2D eigenvalue weighted by Gasteiger charge is 2.20. The number of rotatable bonds is 3. The average molecular weight is 260 g/mol. The lowest BCUT2D eigenvalue weighted by atomic mass is 9.86. The molecule has 1 saturated carbocycles. The third-order valence-electron chi connectivity index (χ3n) is 4.51. The smallest absolute Gasteiger partial charge is 0.132 e. The molecule has 3 N–H and O–H groups in total. The van der Waals surface area contributed by atoms with Gasteiger partial charge in [0.2, 0.25) is 0 Å². The summed E-state index contributed by atoms with van der Waals surface area (Å²) in [6.45, 7) is 1.01. The second-order valence-electron chi connectivity index (χ2n) is 6.03. The molecule has 0 aliphatic heterocycles. The van der Waals surface area contributed by atoms with Gasteiger partial charge in [-0.3, -0.25) is 0 Å². The molecule has 2 unspecified atom stereocenters. The van der Waals surface area contributed by atoms with Crippen LogP contribution in [0, 0.1) is 5.92 Å². The number of anilines is 1. The van der Waals surface area contributed by atoms with Crippen molar-refractivity contribution < 1.29 is 0 Å². The minimum absolute atomic E-state index is 0.403. The summed E-state index contributed by atoms with van der Waals surface area (Å²) in [6, 6.07) is 0.403. The van der Waals surface area contributed by atoms with Gasteiger partial charge in [0, 0.05) is 23.8 Å². The van der Waals surface area contributed by atoms with Crippen molar-refractivity contribution in [2.24, 2.45) is 11.7 Å². The minimum Gasteiger partial charge on any atom is -0.369 e. The van der Waals surface area contributed by atoms with Crippen LogP contribution in [0.3, 0.4) is 0 Å². The first kappa shape index (κ1) is 12.9. The Morgan fingerprint density at radius 1 is 1.16 bits per heavy atom. The van der Waals surface area contributed by atoms with Gasteiger partial charge in [-0.2, -0.15) is 0 Å². The molecule has 4 heteroatoms. The molecule has 0 aromatic carbocycles. The number of hydrogen-bond acceptors (Lipinski definition) is 4. The molecule has 0 saturated heterocycles. The van der Waals surface area contributed by atoms with Gasteiger partial charge in [-0.25, -0.2) is 9.97 Å². The van der Waals surface area contributed by atoms with Gasteiger partial charge in [0.25, 0.3) is 0 Å². The van der Waals surface area contributed by atoms with E-state index in [4.69, 9.17) is 5.73 Å². The molecule has 2 aliphatic rings. The Labute approximate surface area is 115 Å². The molecule has 1 aromatic rings. The Balaban J connectivity index is 1.63. The first-order valence-corrected chi connectivity index (χ1v) is 7.65. The maximum Gasteiger partial charge on any atom is 0.132 e. The number of nitrogens with two attached hydrogens (primary N) is 1. The molecule has 19 heavy (non-hydrogen) atoms. The van der Waals surface area contributed by atoms with E-state index >= 15 is 0 Å². The summed E-state index contributed by atoms with van der Waals surface area (Å²) >= 11 is 0. The first-order chi connectivity index (χ1) is 9.33. The van der Waals surface area contributed by atoms with E-state index in [2.05, 4.69) is 15.3 Å². The van der Waals surface area contributed by atoms with Crippen LogP contribution in [0.15, 0.2) is 6.33 Å². The quantitative estimate of drug-likeness (QED) is 0.875. The van der Waals surface area contributed by atoms with Crippen LogP contribution in [0.5, 0.6) is 0 Å². The van der Waals surface area contributed by atoms with E-state index in [0.29, 0.717) is 12.0 Å². The van der Waals surface area contributed by atoms with Gasteiger partial charge in [0.05, 0.1) is 0 Å². The summed E-state index contributed by atoms with van der Waals surface area (Å²) in [7, 11) is 0. The molecule has 0 spiro atoms. The fourth-order valence-electron chi connectivity index (χ4n) is 3.43. The van der Waals surface area contributed by atoms with Crippen LogP contribution in [0.2, 0.25) is 0 Å². The number of nitrogens with zero attached hydrogens (tertiary/aromatic N) is 2. The maximum atomic E-state index is 6.05. The van der Waals surface area contributed by atoms with Gasteiger partial charge in [-0.15, -0.1) is 0 Å². The lowest BCUT2D eigenvalue weighted by molar-refractivity contribution is 0.334. The summed E-state index contributed by atoms with van der Waals surface area (Å²) in [5.41, 5.74) is 8.66. The van der Waals surface area contributed by atoms with Gasteiger partial charge in [0.1, 0.15) is 12.1 Å². The Morgan fingerprint density at radius 3 is 2.95 bits per heavy atom. The van der Waals surface area contributed by atoms with E-state index in [-0.39, 0.29) is 0 Å². The predicted octanol–water partition coefficient (Wildman–Crippen LogP) is 2.28. The van der Waals surface area contributed by atoms with Crippen LogP contribution < -0.4 is 11.1 Å². The molecular weight excluding hydrogens is 236 g/mol. The van der Waals surface area contributed by atoms with Gasteiger partial charge in [0.15, 0.2) is 0 Å². The molecular formula is C15H24N4. The summed E-state index contributed by atoms with van der Waals surface area (Å²) in [6.07, 6.45) is 11.4. The molecule has 1 fully saturated rings. The van der Waals surface area contributed by atoms with Crippen LogP contribution in [0.4, 0.5) is 5.82 Å². The van der Waals surface area contributed by atoms with Crippen LogP contribution >= 0.6 is 0 Å². The molecule has 104 valence electrons. The monoisotopic (exact) mass is 260 g/mol. The number of fused-ring (bicyclic) bond motifs is 1. The van der Waals surface area contributed by atoms with Crippen molar-refractivity contribution in [2.75, 3.05) is 11.9 Å². The number of nitrogens with one attached hydrogen (secondary N) is 1. The third-order valence-corrected chi connectivity index (χ3v) is 4.51. The molecule has 1 heterocycles. The molecule has 0 radical (unpaired) electrons. The fraction of sp³-hybridized carbons (Fsp3) is 0.733. The summed E-state index contributed by atoms with van der Waals surface area (Å²) < 4.78 is 0. The lowest BCUT2D eigenvalue weighted by Gasteiger charge is -2.27. The predicted molar refractivity (Wildman–Crippen MR) is 77.1 cm³/mol. The zero-order chi connectivity index (χ0) is 13.1. The van der Waals surface area contributed by atoms with E-state index in [1.807, 2.05) is 0 Å². The Kier molecular flexibility index (Phi) is 3.97. The molecule has 4 nitrogen and oxygen atoms in total. The zero-order valence-electron chi connectivity index (χ0n) is 11.6. The van der Waals surface area contributed by atoms with Gasteiger partial charge >= 0.3 is 0 Å². The van der Waals surface area contributed by atoms with Gasteiger partial charge < -0.3 is 11.1 Å². The number of hydrogen-bond donors (Lipinski definition) is 2. The summed E-state index contributed by atoms with van der Waals surface area (Å²) in [5.74, 6) is 1.78. The molecule has 3 rings (SSSR count). The van der Waals surface area contributed by atoms with Crippen molar-refractivity contribution in [1.82, 2.24) is 9.97 Å². The Morgan fingerprint density at radius 2 is 2.05 bits per heavy atom. The highest BCUT2D eigenvalue weighted by atomic mass is 15.0. The SMILES string of the molecule is NC1CCCC(CNc2ncnc3c2CCCC3)C1. The van der Waals surface area contributed by atoms with Crippen molar-refractivity contribution in [2.45, 2.75) is 57.4 Å². The Bertz CT molecular complexity index is 432. The van der Waals surface area contributed by atoms with Crippen molar-refractivity contribution in [1.29, 1.82) is 0 Å². The molecule has 2 aliphatic carbocycles. The van der Waals surface area contributed by atoms with Crippen LogP contribution in [0.25, 0.3) is 0 Å². The van der Waals surface area contributed by atoms with Crippen molar-refractivity contribution in [3.63, 3.8) is 0 Å². The molecule has 1 aromatic heterocycles. The second-order valence-corrected chi connectivity index (χ2v) is 6.03. The largest absolute Gasteiger partial charge is 0.369 e. The molecule has 2 atom stereocenters. The topological polar surface area (TPSA) is 63.8 Å². The van der Waals surface area contributed by atoms with E-state index in [1.165, 1.54) is 43.4 Å². The lowest BCUT2D eigenvalue weighted by Crippen LogP contribution is -2.31. The van der Waals surface area contributed by atoms with Crippen molar-refractivity contribution >= 4 is 5.82 Å². The highest BCUT2D eigenvalue weighted by Crippen LogP contribution is 2.26. The molecule has 0 amide bonds. The van der Waals surface area contributed by atoms with E-state index in [1.54, 1.807) is 6.33 Å². The van der Waals surface area contributed by atoms with E-state index < -0.39 is 0 Å². The van der Waals surface area contributed by atoms with Crippen LogP contribution in [-0.4, -0.2) is 22.6 Å². The standard InChI is InChI=1S/C15H24N4/c16-12-5-3-4-11(8-12)9-17-15-13-6-1-2-7-14(13)18-10-19-15/h10-12H,1-9,16H2,(H,17,18,19). The second kappa shape index (κ2) is 5.87. The van der Waals surface area contributed by atoms with E-state index in [0.717, 1.165) is 31.6 Å². The summed E-state index contributed by atoms with van der Waals surface area (Å²) in [5, 5.41) is 3.56. The van der Waals surface area contributed by atoms with Crippen LogP contribution in [0.1, 0.15) is 49.8 Å². The summed E-state index contributed by atoms with van der Waals surface area (Å²) in [4.78, 5) is 8.86. The normalized spacial score (nSPS) is 26.8. The third kappa shape index (κ3) is 3.06. The maximum absolute atomic E-state index is 6.05. The number of aromatic nitrogens is 2. The van der Waals surface area contributed by atoms with E-state index in [9.17, 15) is 0 Å². The first-order valence-electron chi connectivity index (χ1n) is 7.65. The Hall–Kier alpha value is -1.16. The van der Waals surface area contributed by atoms with Gasteiger partial charge in [-0.05, 0) is 50.9 Å². The molecule has 0 bridgehead atoms. The van der Waals surface area contributed by atoms with Crippen molar-refractivity contribution in [3.05, 3.63) is 17.6 Å². The minimum atomic E-state index is 0.403. The highest BCUT2D eigenvalue weighted by molar-refractivity contribution is 5.46. The fourth-order valence-corrected chi connectivity index (χ4v) is 3.43. The average Bonchev–Trinajstić information content (AvgIpc) is 2.45. The zero-order valence-corrected chi connectivity index (χ0v) is 11.6.